The summed E-state index contributed by atoms with van der Waals surface area (Å²) in [4.78, 5) is 2.90. The van der Waals surface area contributed by atoms with Crippen molar-refractivity contribution in [2.75, 3.05) is 12.0 Å². The van der Waals surface area contributed by atoms with Crippen molar-refractivity contribution in [2.45, 2.75) is 26.0 Å². The van der Waals surface area contributed by atoms with Crippen LogP contribution in [0, 0.1) is 4.77 Å². The largest absolute Gasteiger partial charge is 0.390 e. The molecule has 15 heavy (non-hydrogen) atoms. The molecule has 4 nitrogen and oxygen atoms in total. The van der Waals surface area contributed by atoms with E-state index in [1.54, 1.807) is 12.5 Å². The molecule has 0 spiro atoms. The van der Waals surface area contributed by atoms with E-state index in [-0.39, 0.29) is 12.6 Å². The molecule has 2 atom stereocenters. The second-order valence-electron chi connectivity index (χ2n) is 3.53. The van der Waals surface area contributed by atoms with Gasteiger partial charge in [-0.2, -0.15) is 0 Å². The first-order chi connectivity index (χ1) is 7.06. The summed E-state index contributed by atoms with van der Waals surface area (Å²) in [5, 5.41) is 9.11. The summed E-state index contributed by atoms with van der Waals surface area (Å²) in [6.07, 6.45) is 4.19. The van der Waals surface area contributed by atoms with Gasteiger partial charge in [0.15, 0.2) is 4.77 Å². The Kier molecular flexibility index (Phi) is 4.69. The van der Waals surface area contributed by atoms with Crippen LogP contribution in [0.25, 0.3) is 0 Å². The molecule has 0 aliphatic carbocycles. The van der Waals surface area contributed by atoms with Gasteiger partial charge >= 0.3 is 0 Å². The van der Waals surface area contributed by atoms with Crippen molar-refractivity contribution in [3.05, 3.63) is 16.7 Å². The standard InChI is InChI=1S/C9H16N2O2S2/c1-7(3-4-15(2)13)11-8(6-12)5-10-9(11)14/h5,7,12H,3-4,6H2,1-2H3,(H,10,14). The van der Waals surface area contributed by atoms with Crippen LogP contribution in [-0.2, 0) is 17.4 Å². The Morgan fingerprint density at radius 3 is 2.93 bits per heavy atom. The normalized spacial score (nSPS) is 15.1. The fraction of sp³-hybridized carbons (Fsp3) is 0.667. The molecule has 86 valence electrons. The Hall–Kier alpha value is -0.460. The molecule has 2 unspecified atom stereocenters. The van der Waals surface area contributed by atoms with Crippen LogP contribution in [0.5, 0.6) is 0 Å². The fourth-order valence-electron chi connectivity index (χ4n) is 1.49. The van der Waals surface area contributed by atoms with E-state index in [0.29, 0.717) is 10.5 Å². The van der Waals surface area contributed by atoms with Crippen LogP contribution in [0.15, 0.2) is 6.20 Å². The lowest BCUT2D eigenvalue weighted by Crippen LogP contribution is -2.12. The predicted molar refractivity (Wildman–Crippen MR) is 63.8 cm³/mol. The molecule has 0 amide bonds. The highest BCUT2D eigenvalue weighted by atomic mass is 32.2. The van der Waals surface area contributed by atoms with Crippen LogP contribution in [0.1, 0.15) is 25.1 Å². The van der Waals surface area contributed by atoms with Crippen molar-refractivity contribution in [1.82, 2.24) is 9.55 Å². The van der Waals surface area contributed by atoms with Gasteiger partial charge in [-0.15, -0.1) is 0 Å². The summed E-state index contributed by atoms with van der Waals surface area (Å²) >= 11 is 5.12. The van der Waals surface area contributed by atoms with E-state index in [1.807, 2.05) is 11.5 Å². The summed E-state index contributed by atoms with van der Waals surface area (Å²) in [7, 11) is -0.783. The number of hydrogen-bond acceptors (Lipinski definition) is 3. The van der Waals surface area contributed by atoms with Gasteiger partial charge in [0.05, 0.1) is 12.3 Å². The van der Waals surface area contributed by atoms with E-state index in [2.05, 4.69) is 4.98 Å². The zero-order chi connectivity index (χ0) is 11.4. The number of nitrogens with one attached hydrogen (secondary N) is 1. The van der Waals surface area contributed by atoms with Crippen LogP contribution >= 0.6 is 12.2 Å². The Bertz CT molecular complexity index is 397. The molecular formula is C9H16N2O2S2. The molecular weight excluding hydrogens is 232 g/mol. The van der Waals surface area contributed by atoms with Gasteiger partial charge in [0.25, 0.3) is 0 Å². The Morgan fingerprint density at radius 2 is 2.40 bits per heavy atom. The average Bonchev–Trinajstić information content (AvgIpc) is 2.56. The molecule has 0 fully saturated rings. The quantitative estimate of drug-likeness (QED) is 0.774. The number of nitrogens with zero attached hydrogens (tertiary/aromatic N) is 1. The van der Waals surface area contributed by atoms with Gasteiger partial charge in [-0.25, -0.2) is 0 Å². The van der Waals surface area contributed by atoms with Crippen LogP contribution in [0.2, 0.25) is 0 Å². The first-order valence-corrected chi connectivity index (χ1v) is 6.89. The van der Waals surface area contributed by atoms with Crippen molar-refractivity contribution >= 4 is 23.0 Å². The van der Waals surface area contributed by atoms with Gasteiger partial charge in [0, 0.05) is 35.0 Å². The maximum absolute atomic E-state index is 11.0. The van der Waals surface area contributed by atoms with Gasteiger partial charge in [0.2, 0.25) is 0 Å². The van der Waals surface area contributed by atoms with Crippen molar-refractivity contribution < 1.29 is 9.32 Å². The van der Waals surface area contributed by atoms with Gasteiger partial charge in [-0.1, -0.05) is 0 Å². The maximum atomic E-state index is 11.0. The van der Waals surface area contributed by atoms with Crippen LogP contribution < -0.4 is 0 Å². The number of aliphatic hydroxyl groups excluding tert-OH is 1. The number of aromatic nitrogens is 2. The minimum absolute atomic E-state index is 0.0350. The average molecular weight is 248 g/mol. The third kappa shape index (κ3) is 3.25. The van der Waals surface area contributed by atoms with E-state index < -0.39 is 10.8 Å². The summed E-state index contributed by atoms with van der Waals surface area (Å²) in [5.41, 5.74) is 0.773. The second kappa shape index (κ2) is 5.58. The molecule has 2 N–H and O–H groups in total. The molecule has 0 aliphatic rings. The molecule has 0 bridgehead atoms. The Balaban J connectivity index is 2.80. The lowest BCUT2D eigenvalue weighted by atomic mass is 10.2. The molecule has 0 aromatic carbocycles. The number of aliphatic hydroxyl groups is 1. The summed E-state index contributed by atoms with van der Waals surface area (Å²) in [6, 6.07) is 0.162. The number of hydrogen-bond donors (Lipinski definition) is 2. The molecule has 0 aliphatic heterocycles. The van der Waals surface area contributed by atoms with Crippen LogP contribution in [-0.4, -0.2) is 30.9 Å². The van der Waals surface area contributed by atoms with Gasteiger partial charge < -0.3 is 14.7 Å². The van der Waals surface area contributed by atoms with Crippen LogP contribution in [0.4, 0.5) is 0 Å². The number of rotatable bonds is 5. The zero-order valence-electron chi connectivity index (χ0n) is 8.90. The Labute approximate surface area is 96.8 Å². The molecule has 1 heterocycles. The fourth-order valence-corrected chi connectivity index (χ4v) is 2.51. The lowest BCUT2D eigenvalue weighted by Gasteiger charge is -2.15. The SMILES string of the molecule is CC(CCS(C)=O)n1c(CO)c[nH]c1=S. The molecule has 0 radical (unpaired) electrons. The summed E-state index contributed by atoms with van der Waals surface area (Å²) in [6.45, 7) is 1.97. The minimum atomic E-state index is -0.783. The van der Waals surface area contributed by atoms with Gasteiger partial charge in [-0.3, -0.25) is 4.21 Å². The molecule has 0 saturated heterocycles. The van der Waals surface area contributed by atoms with E-state index in [4.69, 9.17) is 17.3 Å². The van der Waals surface area contributed by atoms with Crippen molar-refractivity contribution in [1.29, 1.82) is 0 Å². The highest BCUT2D eigenvalue weighted by Gasteiger charge is 2.10. The van der Waals surface area contributed by atoms with Crippen molar-refractivity contribution in [3.8, 4) is 0 Å². The third-order valence-electron chi connectivity index (χ3n) is 2.32. The molecule has 0 saturated carbocycles. The van der Waals surface area contributed by atoms with E-state index in [1.165, 1.54) is 0 Å². The molecule has 1 rings (SSSR count). The Morgan fingerprint density at radius 1 is 1.73 bits per heavy atom. The highest BCUT2D eigenvalue weighted by molar-refractivity contribution is 7.84. The molecule has 1 aromatic heterocycles. The van der Waals surface area contributed by atoms with E-state index >= 15 is 0 Å². The highest BCUT2D eigenvalue weighted by Crippen LogP contribution is 2.15. The molecule has 6 heteroatoms. The first-order valence-electron chi connectivity index (χ1n) is 4.76. The smallest absolute Gasteiger partial charge is 0.177 e. The number of imidazole rings is 1. The van der Waals surface area contributed by atoms with Gasteiger partial charge in [-0.05, 0) is 25.6 Å². The second-order valence-corrected chi connectivity index (χ2v) is 5.47. The zero-order valence-corrected chi connectivity index (χ0v) is 10.5. The number of H-pyrrole nitrogens is 1. The van der Waals surface area contributed by atoms with Crippen LogP contribution in [0.3, 0.4) is 0 Å². The summed E-state index contributed by atoms with van der Waals surface area (Å²) in [5.74, 6) is 0.652. The predicted octanol–water partition coefficient (Wildman–Crippen LogP) is 1.37. The van der Waals surface area contributed by atoms with Gasteiger partial charge in [0.1, 0.15) is 0 Å². The first kappa shape index (κ1) is 12.6. The lowest BCUT2D eigenvalue weighted by molar-refractivity contribution is 0.266. The van der Waals surface area contributed by atoms with Crippen molar-refractivity contribution in [2.24, 2.45) is 0 Å². The maximum Gasteiger partial charge on any atom is 0.177 e. The monoisotopic (exact) mass is 248 g/mol. The van der Waals surface area contributed by atoms with E-state index in [0.717, 1.165) is 12.1 Å². The summed E-state index contributed by atoms with van der Waals surface area (Å²) < 4.78 is 13.5. The topological polar surface area (TPSA) is 58.0 Å². The molecule has 1 aromatic rings. The number of aromatic amines is 1. The van der Waals surface area contributed by atoms with Crippen molar-refractivity contribution in [3.63, 3.8) is 0 Å². The van der Waals surface area contributed by atoms with E-state index in [9.17, 15) is 4.21 Å². The minimum Gasteiger partial charge on any atom is -0.390 e. The third-order valence-corrected chi connectivity index (χ3v) is 3.44.